The van der Waals surface area contributed by atoms with Crippen molar-refractivity contribution < 1.29 is 33.9 Å². The molecule has 2 aromatic carbocycles. The summed E-state index contributed by atoms with van der Waals surface area (Å²) in [5.74, 6) is 0.975. The number of phenolic OH excluding ortho intramolecular Hbond substituents is 1. The topological polar surface area (TPSA) is 143 Å². The lowest BCUT2D eigenvalue weighted by molar-refractivity contribution is 0.0707. The number of benzene rings is 2. The number of hydrogen-bond donors (Lipinski definition) is 5. The van der Waals surface area contributed by atoms with Crippen LogP contribution in [0.1, 0.15) is 27.7 Å². The summed E-state index contributed by atoms with van der Waals surface area (Å²) in [6, 6.07) is 9.20. The van der Waals surface area contributed by atoms with Gasteiger partial charge in [0, 0.05) is 35.8 Å². The fourth-order valence-electron chi connectivity index (χ4n) is 3.62. The summed E-state index contributed by atoms with van der Waals surface area (Å²) < 4.78 is 22.6. The number of methoxy groups -OCH3 is 1. The van der Waals surface area contributed by atoms with Crippen molar-refractivity contribution in [3.8, 4) is 34.3 Å². The summed E-state index contributed by atoms with van der Waals surface area (Å²) >= 11 is 0. The van der Waals surface area contributed by atoms with Crippen LogP contribution in [0.25, 0.3) is 22.3 Å². The van der Waals surface area contributed by atoms with Crippen molar-refractivity contribution >= 4 is 11.0 Å². The minimum absolute atomic E-state index is 0.0137. The monoisotopic (exact) mass is 502 g/mol. The molecule has 0 bridgehead atoms. The van der Waals surface area contributed by atoms with Crippen molar-refractivity contribution in [2.75, 3.05) is 20.3 Å². The summed E-state index contributed by atoms with van der Waals surface area (Å²) in [6.45, 7) is 7.51. The van der Waals surface area contributed by atoms with Gasteiger partial charge in [-0.05, 0) is 45.9 Å². The van der Waals surface area contributed by atoms with Crippen LogP contribution in [-0.2, 0) is 0 Å². The van der Waals surface area contributed by atoms with Gasteiger partial charge in [-0.25, -0.2) is 0 Å². The number of phenols is 1. The van der Waals surface area contributed by atoms with Gasteiger partial charge in [0.25, 0.3) is 0 Å². The van der Waals surface area contributed by atoms with Crippen molar-refractivity contribution in [3.05, 3.63) is 46.6 Å². The second kappa shape index (κ2) is 12.1. The van der Waals surface area contributed by atoms with E-state index in [1.165, 1.54) is 25.3 Å². The van der Waals surface area contributed by atoms with E-state index < -0.39 is 17.9 Å². The lowest BCUT2D eigenvalue weighted by Gasteiger charge is -2.18. The normalized spacial score (nSPS) is 13.2. The van der Waals surface area contributed by atoms with Gasteiger partial charge in [0.05, 0.1) is 7.11 Å². The van der Waals surface area contributed by atoms with Gasteiger partial charge in [0.2, 0.25) is 0 Å². The Bertz CT molecular complexity index is 1220. The minimum atomic E-state index is -0.909. The molecule has 3 aromatic rings. The zero-order valence-electron chi connectivity index (χ0n) is 21.1. The molecular formula is C26H34N2O8. The van der Waals surface area contributed by atoms with E-state index >= 15 is 0 Å². The number of ether oxygens (including phenoxy) is 3. The smallest absolute Gasteiger partial charge is 0.197 e. The second-order valence-electron chi connectivity index (χ2n) is 8.95. The molecule has 0 aliphatic heterocycles. The molecule has 5 N–H and O–H groups in total. The number of nitrogens with one attached hydrogen (secondary N) is 2. The van der Waals surface area contributed by atoms with Gasteiger partial charge in [-0.2, -0.15) is 0 Å². The third-order valence-electron chi connectivity index (χ3n) is 5.09. The van der Waals surface area contributed by atoms with Crippen molar-refractivity contribution in [2.24, 2.45) is 0 Å². The average Bonchev–Trinajstić information content (AvgIpc) is 2.79. The Labute approximate surface area is 209 Å². The number of fused-ring (bicyclic) bond motifs is 1. The third-order valence-corrected chi connectivity index (χ3v) is 5.09. The van der Waals surface area contributed by atoms with Crippen molar-refractivity contribution in [1.29, 1.82) is 0 Å². The Kier molecular flexibility index (Phi) is 9.16. The highest BCUT2D eigenvalue weighted by Crippen LogP contribution is 2.35. The summed E-state index contributed by atoms with van der Waals surface area (Å²) in [5.41, 5.74) is 0.207. The molecule has 1 aromatic heterocycles. The SMILES string of the molecule is COc1ccc(-c2cc(=O)c3c(O)cc(OCC(O)NC(C)C)cc3o2)cc1OCC(O)NC(C)C. The van der Waals surface area contributed by atoms with Crippen LogP contribution in [0.4, 0.5) is 0 Å². The third kappa shape index (κ3) is 7.11. The molecule has 0 saturated heterocycles. The molecule has 3 rings (SSSR count). The largest absolute Gasteiger partial charge is 0.507 e. The predicted molar refractivity (Wildman–Crippen MR) is 136 cm³/mol. The van der Waals surface area contributed by atoms with Crippen molar-refractivity contribution in [2.45, 2.75) is 52.2 Å². The molecule has 196 valence electrons. The second-order valence-corrected chi connectivity index (χ2v) is 8.95. The lowest BCUT2D eigenvalue weighted by atomic mass is 10.1. The molecule has 0 aliphatic carbocycles. The van der Waals surface area contributed by atoms with Gasteiger partial charge in [0.15, 0.2) is 16.9 Å². The van der Waals surface area contributed by atoms with E-state index in [-0.39, 0.29) is 53.5 Å². The number of hydrogen-bond acceptors (Lipinski definition) is 10. The van der Waals surface area contributed by atoms with Crippen molar-refractivity contribution in [3.63, 3.8) is 0 Å². The van der Waals surface area contributed by atoms with Crippen LogP contribution >= 0.6 is 0 Å². The van der Waals surface area contributed by atoms with Gasteiger partial charge < -0.3 is 33.9 Å². The maximum Gasteiger partial charge on any atom is 0.197 e. The van der Waals surface area contributed by atoms with Gasteiger partial charge in [-0.15, -0.1) is 0 Å². The van der Waals surface area contributed by atoms with Gasteiger partial charge in [0.1, 0.15) is 53.9 Å². The number of rotatable bonds is 12. The van der Waals surface area contributed by atoms with Crippen LogP contribution in [0.5, 0.6) is 23.0 Å². The van der Waals surface area contributed by atoms with E-state index in [9.17, 15) is 20.1 Å². The fourth-order valence-corrected chi connectivity index (χ4v) is 3.62. The molecule has 10 nitrogen and oxygen atoms in total. The molecule has 0 radical (unpaired) electrons. The molecule has 2 atom stereocenters. The first-order chi connectivity index (χ1) is 17.1. The van der Waals surface area contributed by atoms with E-state index in [0.29, 0.717) is 17.1 Å². The number of aliphatic hydroxyl groups excluding tert-OH is 2. The van der Waals surface area contributed by atoms with Gasteiger partial charge in [-0.3, -0.25) is 15.4 Å². The molecule has 10 heteroatoms. The van der Waals surface area contributed by atoms with Gasteiger partial charge >= 0.3 is 0 Å². The van der Waals surface area contributed by atoms with Crippen LogP contribution in [0.15, 0.2) is 45.6 Å². The molecular weight excluding hydrogens is 468 g/mol. The first-order valence-corrected chi connectivity index (χ1v) is 11.7. The summed E-state index contributed by atoms with van der Waals surface area (Å²) in [4.78, 5) is 12.8. The molecule has 0 spiro atoms. The highest BCUT2D eigenvalue weighted by atomic mass is 16.5. The van der Waals surface area contributed by atoms with Crippen LogP contribution < -0.4 is 30.3 Å². The lowest BCUT2D eigenvalue weighted by Crippen LogP contribution is -2.38. The van der Waals surface area contributed by atoms with Crippen LogP contribution in [-0.4, -0.2) is 60.2 Å². The maximum atomic E-state index is 12.8. The average molecular weight is 503 g/mol. The van der Waals surface area contributed by atoms with Crippen LogP contribution in [0.3, 0.4) is 0 Å². The zero-order chi connectivity index (χ0) is 26.4. The predicted octanol–water partition coefficient (Wildman–Crippen LogP) is 2.56. The molecule has 0 fully saturated rings. The van der Waals surface area contributed by atoms with E-state index in [2.05, 4.69) is 10.6 Å². The van der Waals surface area contributed by atoms with E-state index in [0.717, 1.165) is 0 Å². The first kappa shape index (κ1) is 27.3. The van der Waals surface area contributed by atoms with Crippen molar-refractivity contribution in [1.82, 2.24) is 10.6 Å². The molecule has 0 saturated carbocycles. The summed E-state index contributed by atoms with van der Waals surface area (Å²) in [6.07, 6.45) is -1.79. The fraction of sp³-hybridized carbons (Fsp3) is 0.423. The Balaban J connectivity index is 1.91. The molecule has 2 unspecified atom stereocenters. The summed E-state index contributed by atoms with van der Waals surface area (Å²) in [5, 5.41) is 36.3. The quantitative estimate of drug-likeness (QED) is 0.235. The maximum absolute atomic E-state index is 12.8. The van der Waals surface area contributed by atoms with E-state index in [1.54, 1.807) is 18.2 Å². The van der Waals surface area contributed by atoms with E-state index in [4.69, 9.17) is 18.6 Å². The van der Waals surface area contributed by atoms with Crippen LogP contribution in [0, 0.1) is 0 Å². The zero-order valence-corrected chi connectivity index (χ0v) is 21.1. The highest BCUT2D eigenvalue weighted by Gasteiger charge is 2.16. The Hall–Kier alpha value is -3.31. The minimum Gasteiger partial charge on any atom is -0.507 e. The Morgan fingerprint density at radius 1 is 0.889 bits per heavy atom. The standard InChI is InChI=1S/C26H34N2O8/c1-14(2)27-24(31)12-34-17-9-18(29)26-19(30)11-21(36-23(26)10-17)16-6-7-20(33-5)22(8-16)35-13-25(32)28-15(3)4/h6-11,14-15,24-25,27-29,31-32H,12-13H2,1-5H3. The molecule has 1 heterocycles. The molecule has 36 heavy (non-hydrogen) atoms. The first-order valence-electron chi connectivity index (χ1n) is 11.7. The summed E-state index contributed by atoms with van der Waals surface area (Å²) in [7, 11) is 1.50. The molecule has 0 amide bonds. The number of aromatic hydroxyl groups is 1. The molecule has 0 aliphatic rings. The highest BCUT2D eigenvalue weighted by molar-refractivity contribution is 5.86. The number of aliphatic hydroxyl groups is 2. The Morgan fingerprint density at radius 3 is 2.14 bits per heavy atom. The van der Waals surface area contributed by atoms with E-state index in [1.807, 2.05) is 27.7 Å². The van der Waals surface area contributed by atoms with Gasteiger partial charge in [-0.1, -0.05) is 0 Å². The van der Waals surface area contributed by atoms with Crippen LogP contribution in [0.2, 0.25) is 0 Å². The Morgan fingerprint density at radius 2 is 1.53 bits per heavy atom.